The van der Waals surface area contributed by atoms with E-state index in [-0.39, 0.29) is 18.4 Å². The second-order valence-electron chi connectivity index (χ2n) is 5.31. The molecule has 0 spiro atoms. The quantitative estimate of drug-likeness (QED) is 0.859. The van der Waals surface area contributed by atoms with Crippen LogP contribution in [0.5, 0.6) is 5.75 Å². The summed E-state index contributed by atoms with van der Waals surface area (Å²) in [5, 5.41) is 5.62. The molecule has 3 rings (SSSR count). The van der Waals surface area contributed by atoms with Crippen molar-refractivity contribution in [3.05, 3.63) is 35.4 Å². The second-order valence-corrected chi connectivity index (χ2v) is 5.31. The number of carbonyl (C=O) groups excluding carboxylic acids is 2. The number of hydrogen-bond acceptors (Lipinski definition) is 3. The van der Waals surface area contributed by atoms with E-state index in [1.54, 1.807) is 0 Å². The van der Waals surface area contributed by atoms with Crippen molar-refractivity contribution in [1.82, 2.24) is 10.6 Å². The van der Waals surface area contributed by atoms with Gasteiger partial charge in [0.05, 0.1) is 5.57 Å². The highest BCUT2D eigenvalue weighted by Crippen LogP contribution is 2.25. The highest BCUT2D eigenvalue weighted by atomic mass is 16.5. The zero-order valence-corrected chi connectivity index (χ0v) is 11.7. The summed E-state index contributed by atoms with van der Waals surface area (Å²) in [5.41, 5.74) is 1.44. The van der Waals surface area contributed by atoms with E-state index >= 15 is 0 Å². The van der Waals surface area contributed by atoms with Gasteiger partial charge in [-0.05, 0) is 31.4 Å². The Morgan fingerprint density at radius 1 is 1.29 bits per heavy atom. The van der Waals surface area contributed by atoms with E-state index in [9.17, 15) is 9.59 Å². The van der Waals surface area contributed by atoms with Crippen molar-refractivity contribution >= 4 is 17.9 Å². The van der Waals surface area contributed by atoms with E-state index in [1.165, 1.54) is 0 Å². The summed E-state index contributed by atoms with van der Waals surface area (Å²) in [7, 11) is 0. The predicted octanol–water partition coefficient (Wildman–Crippen LogP) is 1.25. The largest absolute Gasteiger partial charge is 0.488 e. The maximum atomic E-state index is 12.3. The fourth-order valence-electron chi connectivity index (χ4n) is 2.58. The molecule has 110 valence electrons. The first-order chi connectivity index (χ1) is 10.2. The molecule has 5 nitrogen and oxygen atoms in total. The van der Waals surface area contributed by atoms with E-state index in [4.69, 9.17) is 4.74 Å². The normalized spacial score (nSPS) is 21.2. The summed E-state index contributed by atoms with van der Waals surface area (Å²) in [5.74, 6) is 0.450. The number of nitrogens with one attached hydrogen (secondary N) is 2. The monoisotopic (exact) mass is 286 g/mol. The van der Waals surface area contributed by atoms with E-state index in [0.29, 0.717) is 18.5 Å². The van der Waals surface area contributed by atoms with Crippen molar-refractivity contribution in [2.45, 2.75) is 25.3 Å². The Morgan fingerprint density at radius 2 is 2.14 bits per heavy atom. The highest BCUT2D eigenvalue weighted by Gasteiger charge is 2.25. The summed E-state index contributed by atoms with van der Waals surface area (Å²) < 4.78 is 5.57. The molecule has 1 unspecified atom stereocenters. The molecule has 1 aromatic carbocycles. The average molecular weight is 286 g/mol. The lowest BCUT2D eigenvalue weighted by molar-refractivity contribution is -0.127. The number of para-hydroxylation sites is 1. The van der Waals surface area contributed by atoms with Crippen LogP contribution in [0.15, 0.2) is 29.8 Å². The molecule has 5 heteroatoms. The van der Waals surface area contributed by atoms with Gasteiger partial charge in [-0.3, -0.25) is 9.59 Å². The minimum atomic E-state index is -0.446. The number of amides is 2. The lowest BCUT2D eigenvalue weighted by atomic mass is 10.1. The maximum absolute atomic E-state index is 12.3. The van der Waals surface area contributed by atoms with Crippen LogP contribution < -0.4 is 15.4 Å². The molecule has 0 aliphatic carbocycles. The Balaban J connectivity index is 1.71. The third kappa shape index (κ3) is 3.07. The van der Waals surface area contributed by atoms with Gasteiger partial charge in [-0.1, -0.05) is 18.2 Å². The summed E-state index contributed by atoms with van der Waals surface area (Å²) in [4.78, 5) is 24.1. The van der Waals surface area contributed by atoms with E-state index in [1.807, 2.05) is 30.3 Å². The summed E-state index contributed by atoms with van der Waals surface area (Å²) in [6.07, 6.45) is 4.39. The van der Waals surface area contributed by atoms with Crippen molar-refractivity contribution in [3.8, 4) is 5.75 Å². The number of hydrogen-bond donors (Lipinski definition) is 2. The number of benzene rings is 1. The van der Waals surface area contributed by atoms with Gasteiger partial charge < -0.3 is 15.4 Å². The molecule has 2 aliphatic rings. The van der Waals surface area contributed by atoms with Gasteiger partial charge in [0.15, 0.2) is 0 Å². The van der Waals surface area contributed by atoms with Gasteiger partial charge in [-0.15, -0.1) is 0 Å². The summed E-state index contributed by atoms with van der Waals surface area (Å²) >= 11 is 0. The molecule has 1 saturated heterocycles. The van der Waals surface area contributed by atoms with Gasteiger partial charge in [-0.2, -0.15) is 0 Å². The summed E-state index contributed by atoms with van der Waals surface area (Å²) in [6.45, 7) is 0.918. The van der Waals surface area contributed by atoms with Crippen LogP contribution in [0.25, 0.3) is 6.08 Å². The third-order valence-corrected chi connectivity index (χ3v) is 3.76. The smallest absolute Gasteiger partial charge is 0.251 e. The van der Waals surface area contributed by atoms with Crippen molar-refractivity contribution in [2.24, 2.45) is 0 Å². The van der Waals surface area contributed by atoms with Crippen molar-refractivity contribution in [3.63, 3.8) is 0 Å². The van der Waals surface area contributed by atoms with Crippen LogP contribution in [0, 0.1) is 0 Å². The SMILES string of the molecule is O=C(NC1CCCCNC1=O)C1=Cc2ccccc2OC1. The lowest BCUT2D eigenvalue weighted by Gasteiger charge is -2.20. The topological polar surface area (TPSA) is 67.4 Å². The van der Waals surface area contributed by atoms with Crippen LogP contribution in [-0.4, -0.2) is 31.0 Å². The molecule has 1 fully saturated rings. The average Bonchev–Trinajstić information content (AvgIpc) is 2.72. The molecular weight excluding hydrogens is 268 g/mol. The predicted molar refractivity (Wildman–Crippen MR) is 78.7 cm³/mol. The van der Waals surface area contributed by atoms with Gasteiger partial charge in [-0.25, -0.2) is 0 Å². The highest BCUT2D eigenvalue weighted by molar-refractivity contribution is 6.01. The minimum Gasteiger partial charge on any atom is -0.488 e. The number of rotatable bonds is 2. The second kappa shape index (κ2) is 5.99. The first kappa shape index (κ1) is 13.7. The Bertz CT molecular complexity index is 595. The molecule has 0 aromatic heterocycles. The molecule has 21 heavy (non-hydrogen) atoms. The molecule has 2 heterocycles. The van der Waals surface area contributed by atoms with Crippen molar-refractivity contribution < 1.29 is 14.3 Å². The van der Waals surface area contributed by atoms with E-state index in [0.717, 1.165) is 24.2 Å². The number of carbonyl (C=O) groups is 2. The first-order valence-electron chi connectivity index (χ1n) is 7.25. The molecule has 0 saturated carbocycles. The number of fused-ring (bicyclic) bond motifs is 1. The molecule has 1 atom stereocenters. The molecule has 2 N–H and O–H groups in total. The Labute approximate surface area is 123 Å². The fourth-order valence-corrected chi connectivity index (χ4v) is 2.58. The zero-order chi connectivity index (χ0) is 14.7. The van der Waals surface area contributed by atoms with Gasteiger partial charge in [0.2, 0.25) is 5.91 Å². The van der Waals surface area contributed by atoms with Crippen LogP contribution in [0.4, 0.5) is 0 Å². The Kier molecular flexibility index (Phi) is 3.90. The standard InChI is InChI=1S/C16H18N2O3/c19-15(18-13-6-3-4-8-17-16(13)20)12-9-11-5-1-2-7-14(11)21-10-12/h1-2,5,7,9,13H,3-4,6,8,10H2,(H,17,20)(H,18,19). The molecule has 2 aliphatic heterocycles. The Hall–Kier alpha value is -2.30. The number of ether oxygens (including phenoxy) is 1. The van der Waals surface area contributed by atoms with Crippen LogP contribution >= 0.6 is 0 Å². The first-order valence-corrected chi connectivity index (χ1v) is 7.25. The van der Waals surface area contributed by atoms with Crippen LogP contribution in [0.2, 0.25) is 0 Å². The van der Waals surface area contributed by atoms with Gasteiger partial charge in [0, 0.05) is 12.1 Å². The van der Waals surface area contributed by atoms with Crippen molar-refractivity contribution in [2.75, 3.05) is 13.2 Å². The fraction of sp³-hybridized carbons (Fsp3) is 0.375. The van der Waals surface area contributed by atoms with Crippen LogP contribution in [-0.2, 0) is 9.59 Å². The molecule has 0 radical (unpaired) electrons. The lowest BCUT2D eigenvalue weighted by Crippen LogP contribution is -2.46. The van der Waals surface area contributed by atoms with Gasteiger partial charge in [0.1, 0.15) is 18.4 Å². The van der Waals surface area contributed by atoms with Crippen molar-refractivity contribution in [1.29, 1.82) is 0 Å². The zero-order valence-electron chi connectivity index (χ0n) is 11.7. The summed E-state index contributed by atoms with van der Waals surface area (Å²) in [6, 6.07) is 7.13. The van der Waals surface area contributed by atoms with Gasteiger partial charge in [0.25, 0.3) is 5.91 Å². The van der Waals surface area contributed by atoms with Gasteiger partial charge >= 0.3 is 0 Å². The minimum absolute atomic E-state index is 0.0985. The molecular formula is C16H18N2O3. The van der Waals surface area contributed by atoms with E-state index < -0.39 is 6.04 Å². The molecule has 1 aromatic rings. The van der Waals surface area contributed by atoms with E-state index in [2.05, 4.69) is 10.6 Å². The molecule has 2 amide bonds. The Morgan fingerprint density at radius 3 is 3.05 bits per heavy atom. The third-order valence-electron chi connectivity index (χ3n) is 3.76. The van der Waals surface area contributed by atoms with Crippen LogP contribution in [0.3, 0.4) is 0 Å². The van der Waals surface area contributed by atoms with Crippen LogP contribution in [0.1, 0.15) is 24.8 Å². The molecule has 0 bridgehead atoms. The maximum Gasteiger partial charge on any atom is 0.251 e.